The molecule has 4 nitrogen and oxygen atoms in total. The fourth-order valence-electron chi connectivity index (χ4n) is 2.01. The Labute approximate surface area is 136 Å². The summed E-state index contributed by atoms with van der Waals surface area (Å²) in [7, 11) is 0. The van der Waals surface area contributed by atoms with E-state index in [4.69, 9.17) is 5.73 Å². The number of nitrogens with zero attached hydrogens (tertiary/aromatic N) is 2. The van der Waals surface area contributed by atoms with Crippen molar-refractivity contribution in [2.24, 2.45) is 10.2 Å². The number of phenolic OH excluding ortho intramolecular Hbond substituents is 1. The molecule has 0 atom stereocenters. The number of aromatic hydroxyl groups is 1. The number of benzene rings is 2. The maximum Gasteiger partial charge on any atom is 0.146 e. The molecule has 0 saturated heterocycles. The number of nitrogens with two attached hydrogens (primary N) is 1. The molecular weight excluding hydrogens is 294 g/mol. The summed E-state index contributed by atoms with van der Waals surface area (Å²) in [5.41, 5.74) is 9.22. The van der Waals surface area contributed by atoms with Gasteiger partial charge < -0.3 is 10.8 Å². The van der Waals surface area contributed by atoms with Gasteiger partial charge in [-0.1, -0.05) is 26.8 Å². The van der Waals surface area contributed by atoms with Gasteiger partial charge in [-0.05, 0) is 47.7 Å². The molecule has 116 valence electrons. The summed E-state index contributed by atoms with van der Waals surface area (Å²) in [5.74, 6) is 0.140. The Bertz CT molecular complexity index is 733. The minimum atomic E-state index is -0.0323. The standard InChI is InChI=1S/C17H21N3OS/c1-10-7-11(17(2,3)4)8-15(16(10)21)20-19-14-6-5-12(22)9-13(14)18/h5-9,21-22H,18H2,1-4H3. The zero-order chi connectivity index (χ0) is 16.5. The highest BCUT2D eigenvalue weighted by molar-refractivity contribution is 7.80. The molecule has 0 spiro atoms. The van der Waals surface area contributed by atoms with Crippen LogP contribution in [0.4, 0.5) is 17.1 Å². The number of phenols is 1. The van der Waals surface area contributed by atoms with Gasteiger partial charge in [0, 0.05) is 4.90 Å². The fraction of sp³-hybridized carbons (Fsp3) is 0.294. The highest BCUT2D eigenvalue weighted by Gasteiger charge is 2.17. The number of thiol groups is 1. The van der Waals surface area contributed by atoms with Gasteiger partial charge in [-0.3, -0.25) is 0 Å². The average molecular weight is 315 g/mol. The van der Waals surface area contributed by atoms with Crippen LogP contribution in [0, 0.1) is 6.92 Å². The van der Waals surface area contributed by atoms with Crippen molar-refractivity contribution in [3.63, 3.8) is 0 Å². The molecule has 3 N–H and O–H groups in total. The fourth-order valence-corrected chi connectivity index (χ4v) is 2.22. The van der Waals surface area contributed by atoms with Crippen molar-refractivity contribution >= 4 is 29.7 Å². The highest BCUT2D eigenvalue weighted by atomic mass is 32.1. The lowest BCUT2D eigenvalue weighted by Gasteiger charge is -2.20. The minimum Gasteiger partial charge on any atom is -0.505 e. The van der Waals surface area contributed by atoms with E-state index in [9.17, 15) is 5.11 Å². The molecule has 0 bridgehead atoms. The molecule has 2 aromatic rings. The third-order valence-corrected chi connectivity index (χ3v) is 3.70. The number of hydrogen-bond acceptors (Lipinski definition) is 5. The van der Waals surface area contributed by atoms with Crippen molar-refractivity contribution in [1.29, 1.82) is 0 Å². The van der Waals surface area contributed by atoms with E-state index in [2.05, 4.69) is 43.6 Å². The van der Waals surface area contributed by atoms with Crippen molar-refractivity contribution in [3.05, 3.63) is 41.5 Å². The summed E-state index contributed by atoms with van der Waals surface area (Å²) < 4.78 is 0. The first-order valence-corrected chi connectivity index (χ1v) is 7.47. The van der Waals surface area contributed by atoms with Crippen molar-refractivity contribution in [3.8, 4) is 5.75 Å². The van der Waals surface area contributed by atoms with Crippen LogP contribution in [0.2, 0.25) is 0 Å². The maximum atomic E-state index is 10.2. The molecule has 0 aliphatic heterocycles. The van der Waals surface area contributed by atoms with Crippen LogP contribution in [0.5, 0.6) is 5.75 Å². The van der Waals surface area contributed by atoms with E-state index in [-0.39, 0.29) is 11.2 Å². The van der Waals surface area contributed by atoms with Crippen LogP contribution < -0.4 is 5.73 Å². The van der Waals surface area contributed by atoms with Crippen LogP contribution in [-0.4, -0.2) is 5.11 Å². The molecule has 0 unspecified atom stereocenters. The molecule has 0 aliphatic rings. The summed E-state index contributed by atoms with van der Waals surface area (Å²) in [6.07, 6.45) is 0. The van der Waals surface area contributed by atoms with Crippen molar-refractivity contribution in [2.45, 2.75) is 38.0 Å². The lowest BCUT2D eigenvalue weighted by molar-refractivity contribution is 0.471. The Morgan fingerprint density at radius 3 is 2.27 bits per heavy atom. The molecule has 0 aromatic heterocycles. The molecule has 0 fully saturated rings. The molecule has 0 saturated carbocycles. The van der Waals surface area contributed by atoms with Gasteiger partial charge in [-0.2, -0.15) is 0 Å². The number of rotatable bonds is 2. The monoisotopic (exact) mass is 315 g/mol. The van der Waals surface area contributed by atoms with E-state index in [1.807, 2.05) is 19.1 Å². The molecule has 22 heavy (non-hydrogen) atoms. The summed E-state index contributed by atoms with van der Waals surface area (Å²) in [5, 5.41) is 18.5. The Balaban J connectivity index is 2.44. The third-order valence-electron chi connectivity index (χ3n) is 3.42. The van der Waals surface area contributed by atoms with Crippen LogP contribution in [0.15, 0.2) is 45.5 Å². The maximum absolute atomic E-state index is 10.2. The molecule has 5 heteroatoms. The van der Waals surface area contributed by atoms with Crippen LogP contribution >= 0.6 is 12.6 Å². The lowest BCUT2D eigenvalue weighted by Crippen LogP contribution is -2.11. The smallest absolute Gasteiger partial charge is 0.146 e. The first-order valence-electron chi connectivity index (χ1n) is 7.03. The average Bonchev–Trinajstić information content (AvgIpc) is 2.40. The Kier molecular flexibility index (Phi) is 4.47. The second kappa shape index (κ2) is 6.01. The van der Waals surface area contributed by atoms with E-state index in [1.165, 1.54) is 0 Å². The van der Waals surface area contributed by atoms with Crippen molar-refractivity contribution < 1.29 is 5.11 Å². The molecule has 2 rings (SSSR count). The Hall–Kier alpha value is -2.01. The molecule has 0 heterocycles. The largest absolute Gasteiger partial charge is 0.505 e. The summed E-state index contributed by atoms with van der Waals surface area (Å²) >= 11 is 4.22. The Morgan fingerprint density at radius 2 is 1.68 bits per heavy atom. The van der Waals surface area contributed by atoms with Gasteiger partial charge in [0.15, 0.2) is 0 Å². The zero-order valence-corrected chi connectivity index (χ0v) is 14.1. The second-order valence-corrected chi connectivity index (χ2v) is 6.87. The van der Waals surface area contributed by atoms with Crippen LogP contribution in [0.3, 0.4) is 0 Å². The van der Waals surface area contributed by atoms with E-state index in [0.29, 0.717) is 17.1 Å². The molecule has 0 radical (unpaired) electrons. The topological polar surface area (TPSA) is 71.0 Å². The number of azo groups is 1. The first kappa shape index (κ1) is 16.4. The van der Waals surface area contributed by atoms with Gasteiger partial charge in [-0.25, -0.2) is 0 Å². The van der Waals surface area contributed by atoms with Crippen molar-refractivity contribution in [1.82, 2.24) is 0 Å². The van der Waals surface area contributed by atoms with Crippen molar-refractivity contribution in [2.75, 3.05) is 5.73 Å². The van der Waals surface area contributed by atoms with E-state index in [1.54, 1.807) is 18.2 Å². The van der Waals surface area contributed by atoms with Gasteiger partial charge in [-0.15, -0.1) is 22.9 Å². The van der Waals surface area contributed by atoms with Crippen LogP contribution in [0.1, 0.15) is 31.9 Å². The zero-order valence-electron chi connectivity index (χ0n) is 13.3. The summed E-state index contributed by atoms with van der Waals surface area (Å²) in [6.45, 7) is 8.20. The molecule has 0 aliphatic carbocycles. The van der Waals surface area contributed by atoms with E-state index >= 15 is 0 Å². The SMILES string of the molecule is Cc1cc(C(C)(C)C)cc(N=Nc2ccc(S)cc2N)c1O. The summed E-state index contributed by atoms with van der Waals surface area (Å²) in [4.78, 5) is 0.768. The highest BCUT2D eigenvalue weighted by Crippen LogP contribution is 2.37. The quantitative estimate of drug-likeness (QED) is 0.400. The Morgan fingerprint density at radius 1 is 1.05 bits per heavy atom. The molecule has 0 amide bonds. The van der Waals surface area contributed by atoms with Gasteiger partial charge in [0.25, 0.3) is 0 Å². The van der Waals surface area contributed by atoms with Gasteiger partial charge in [0.2, 0.25) is 0 Å². The number of aryl methyl sites for hydroxylation is 1. The number of nitrogen functional groups attached to an aromatic ring is 1. The van der Waals surface area contributed by atoms with Gasteiger partial charge in [0.1, 0.15) is 17.1 Å². The summed E-state index contributed by atoms with van der Waals surface area (Å²) in [6, 6.07) is 9.09. The number of anilines is 1. The van der Waals surface area contributed by atoms with Crippen LogP contribution in [0.25, 0.3) is 0 Å². The van der Waals surface area contributed by atoms with E-state index < -0.39 is 0 Å². The van der Waals surface area contributed by atoms with Crippen LogP contribution in [-0.2, 0) is 5.41 Å². The molecular formula is C17H21N3OS. The second-order valence-electron chi connectivity index (χ2n) is 6.35. The first-order chi connectivity index (χ1) is 10.2. The molecule has 2 aromatic carbocycles. The predicted octanol–water partition coefficient (Wildman–Crippen LogP) is 5.28. The third kappa shape index (κ3) is 3.60. The minimum absolute atomic E-state index is 0.0323. The predicted molar refractivity (Wildman–Crippen MR) is 93.8 cm³/mol. The lowest BCUT2D eigenvalue weighted by atomic mass is 9.86. The van der Waals surface area contributed by atoms with Gasteiger partial charge >= 0.3 is 0 Å². The normalized spacial score (nSPS) is 12.0. The van der Waals surface area contributed by atoms with Gasteiger partial charge in [0.05, 0.1) is 5.69 Å². The van der Waals surface area contributed by atoms with E-state index in [0.717, 1.165) is 16.0 Å². The number of hydrogen-bond donors (Lipinski definition) is 3.